The third kappa shape index (κ3) is 7.15. The molecule has 1 saturated heterocycles. The van der Waals surface area contributed by atoms with E-state index in [1.165, 1.54) is 32.7 Å². The van der Waals surface area contributed by atoms with Gasteiger partial charge in [-0.25, -0.2) is 0 Å². The molecule has 166 valence electrons. The summed E-state index contributed by atoms with van der Waals surface area (Å²) in [5, 5.41) is 0.954. The van der Waals surface area contributed by atoms with E-state index in [0.717, 1.165) is 35.9 Å². The molecule has 0 radical (unpaired) electrons. The van der Waals surface area contributed by atoms with Crippen molar-refractivity contribution >= 4 is 16.7 Å². The highest BCUT2D eigenvalue weighted by molar-refractivity contribution is 6.08. The third-order valence-electron chi connectivity index (χ3n) is 5.93. The van der Waals surface area contributed by atoms with Gasteiger partial charge in [-0.05, 0) is 38.8 Å². The Bertz CT molecular complexity index is 765. The predicted molar refractivity (Wildman–Crippen MR) is 125 cm³/mol. The van der Waals surface area contributed by atoms with Gasteiger partial charge in [-0.1, -0.05) is 32.0 Å². The lowest BCUT2D eigenvalue weighted by molar-refractivity contribution is 0.0929. The number of piperazine rings is 1. The fourth-order valence-corrected chi connectivity index (χ4v) is 3.70. The fourth-order valence-electron chi connectivity index (χ4n) is 3.70. The molecule has 5 heteroatoms. The van der Waals surface area contributed by atoms with E-state index in [0.29, 0.717) is 6.04 Å². The van der Waals surface area contributed by atoms with Gasteiger partial charge in [0, 0.05) is 75.5 Å². The minimum absolute atomic E-state index is 0.0748. The number of ether oxygens (including phenoxy) is 1. The van der Waals surface area contributed by atoms with Gasteiger partial charge >= 0.3 is 0 Å². The van der Waals surface area contributed by atoms with Crippen LogP contribution >= 0.6 is 0 Å². The highest BCUT2D eigenvalue weighted by Gasteiger charge is 2.18. The van der Waals surface area contributed by atoms with Crippen molar-refractivity contribution in [3.05, 3.63) is 42.1 Å². The Labute approximate surface area is 182 Å². The summed E-state index contributed by atoms with van der Waals surface area (Å²) in [6.07, 6.45) is 3.74. The first-order chi connectivity index (χ1) is 14.5. The van der Waals surface area contributed by atoms with E-state index in [1.807, 2.05) is 44.2 Å². The molecule has 0 aliphatic carbocycles. The van der Waals surface area contributed by atoms with E-state index in [-0.39, 0.29) is 11.7 Å². The lowest BCUT2D eigenvalue weighted by Crippen LogP contribution is -2.49. The Hall–Kier alpha value is -1.82. The van der Waals surface area contributed by atoms with E-state index in [4.69, 9.17) is 4.74 Å². The molecule has 2 heterocycles. The second kappa shape index (κ2) is 12.8. The predicted octanol–water partition coefficient (Wildman–Crippen LogP) is 4.51. The molecule has 3 rings (SSSR count). The molecular formula is C25H39N3O2. The first-order valence-corrected chi connectivity index (χ1v) is 11.3. The highest BCUT2D eigenvalue weighted by atomic mass is 16.5. The molecule has 5 nitrogen and oxygen atoms in total. The molecule has 0 N–H and O–H groups in total. The number of Topliss-reactive ketones (excluding diaryl/α,β-unsaturated/α-hetero) is 1. The van der Waals surface area contributed by atoms with Crippen molar-refractivity contribution in [2.24, 2.45) is 5.92 Å². The monoisotopic (exact) mass is 413 g/mol. The Balaban J connectivity index is 0.000000216. The first-order valence-electron chi connectivity index (χ1n) is 11.3. The van der Waals surface area contributed by atoms with Gasteiger partial charge in [0.15, 0.2) is 5.78 Å². The molecule has 2 aromatic rings. The summed E-state index contributed by atoms with van der Waals surface area (Å²) in [6.45, 7) is 15.5. The van der Waals surface area contributed by atoms with E-state index in [2.05, 4.69) is 28.6 Å². The SMILES string of the molecule is CCC(C)C(=O)c1ccnc2ccccc12.COCCCN1CCN(C(C)C)CC1. The summed E-state index contributed by atoms with van der Waals surface area (Å²) in [4.78, 5) is 21.5. The molecule has 0 amide bonds. The number of carbonyl (C=O) groups excluding carboxylic acids is 1. The van der Waals surface area contributed by atoms with E-state index in [1.54, 1.807) is 13.3 Å². The van der Waals surface area contributed by atoms with Crippen LogP contribution in [0, 0.1) is 5.92 Å². The van der Waals surface area contributed by atoms with Gasteiger partial charge in [0.2, 0.25) is 0 Å². The van der Waals surface area contributed by atoms with Crippen LogP contribution in [0.25, 0.3) is 10.9 Å². The molecule has 1 fully saturated rings. The number of nitrogens with zero attached hydrogens (tertiary/aromatic N) is 3. The number of para-hydroxylation sites is 1. The van der Waals surface area contributed by atoms with Crippen molar-refractivity contribution in [1.29, 1.82) is 0 Å². The Morgan fingerprint density at radius 1 is 1.10 bits per heavy atom. The van der Waals surface area contributed by atoms with Crippen molar-refractivity contribution < 1.29 is 9.53 Å². The smallest absolute Gasteiger partial charge is 0.166 e. The largest absolute Gasteiger partial charge is 0.385 e. The molecule has 1 aromatic carbocycles. The van der Waals surface area contributed by atoms with E-state index in [9.17, 15) is 4.79 Å². The number of hydrogen-bond donors (Lipinski definition) is 0. The zero-order valence-corrected chi connectivity index (χ0v) is 19.4. The molecule has 1 aromatic heterocycles. The normalized spacial score (nSPS) is 16.3. The molecule has 1 aliphatic rings. The standard InChI is InChI=1S/C14H15NO.C11H24N2O/c1-3-10(2)14(16)12-8-9-15-13-7-5-4-6-11(12)13;1-11(2)13-8-6-12(7-9-13)5-4-10-14-3/h4-10H,3H2,1-2H3;11H,4-10H2,1-3H3. The molecule has 1 aliphatic heterocycles. The van der Waals surface area contributed by atoms with E-state index < -0.39 is 0 Å². The summed E-state index contributed by atoms with van der Waals surface area (Å²) in [6, 6.07) is 10.3. The molecule has 0 bridgehead atoms. The molecule has 0 spiro atoms. The summed E-state index contributed by atoms with van der Waals surface area (Å²) in [5.74, 6) is 0.284. The molecule has 0 saturated carbocycles. The number of benzene rings is 1. The zero-order chi connectivity index (χ0) is 21.9. The third-order valence-corrected chi connectivity index (χ3v) is 5.93. The second-order valence-electron chi connectivity index (χ2n) is 8.37. The van der Waals surface area contributed by atoms with E-state index >= 15 is 0 Å². The van der Waals surface area contributed by atoms with Crippen LogP contribution in [0.4, 0.5) is 0 Å². The van der Waals surface area contributed by atoms with Gasteiger partial charge in [0.05, 0.1) is 5.52 Å². The Morgan fingerprint density at radius 2 is 1.80 bits per heavy atom. The van der Waals surface area contributed by atoms with Crippen molar-refractivity contribution in [2.75, 3.05) is 46.4 Å². The molecule has 1 unspecified atom stereocenters. The van der Waals surface area contributed by atoms with Crippen LogP contribution in [0.3, 0.4) is 0 Å². The lowest BCUT2D eigenvalue weighted by atomic mass is 9.95. The van der Waals surface area contributed by atoms with Crippen LogP contribution in [-0.4, -0.2) is 73.0 Å². The summed E-state index contributed by atoms with van der Waals surface area (Å²) < 4.78 is 5.06. The maximum atomic E-state index is 12.2. The van der Waals surface area contributed by atoms with Gasteiger partial charge in [0.25, 0.3) is 0 Å². The molecular weight excluding hydrogens is 374 g/mol. The second-order valence-corrected chi connectivity index (χ2v) is 8.37. The van der Waals surface area contributed by atoms with Crippen molar-refractivity contribution in [2.45, 2.75) is 46.6 Å². The number of pyridine rings is 1. The number of fused-ring (bicyclic) bond motifs is 1. The maximum absolute atomic E-state index is 12.2. The minimum atomic E-state index is 0.0748. The van der Waals surface area contributed by atoms with Crippen molar-refractivity contribution in [3.8, 4) is 0 Å². The van der Waals surface area contributed by atoms with Crippen LogP contribution in [0.15, 0.2) is 36.5 Å². The van der Waals surface area contributed by atoms with Crippen LogP contribution in [0.2, 0.25) is 0 Å². The van der Waals surface area contributed by atoms with Crippen molar-refractivity contribution in [1.82, 2.24) is 14.8 Å². The summed E-state index contributed by atoms with van der Waals surface area (Å²) in [5.41, 5.74) is 1.68. The topological polar surface area (TPSA) is 45.7 Å². The van der Waals surface area contributed by atoms with Gasteiger partial charge in [-0.15, -0.1) is 0 Å². The average molecular weight is 414 g/mol. The van der Waals surface area contributed by atoms with Crippen LogP contribution < -0.4 is 0 Å². The number of methoxy groups -OCH3 is 1. The first kappa shape index (κ1) is 24.4. The van der Waals surface area contributed by atoms with Crippen LogP contribution in [0.5, 0.6) is 0 Å². The van der Waals surface area contributed by atoms with Gasteiger partial charge < -0.3 is 9.64 Å². The zero-order valence-electron chi connectivity index (χ0n) is 19.4. The van der Waals surface area contributed by atoms with Crippen molar-refractivity contribution in [3.63, 3.8) is 0 Å². The van der Waals surface area contributed by atoms with Crippen LogP contribution in [-0.2, 0) is 4.74 Å². The maximum Gasteiger partial charge on any atom is 0.166 e. The van der Waals surface area contributed by atoms with Crippen LogP contribution in [0.1, 0.15) is 50.9 Å². The minimum Gasteiger partial charge on any atom is -0.385 e. The number of hydrogen-bond acceptors (Lipinski definition) is 5. The lowest BCUT2D eigenvalue weighted by Gasteiger charge is -2.36. The quantitative estimate of drug-likeness (QED) is 0.471. The average Bonchev–Trinajstić information content (AvgIpc) is 2.78. The number of aromatic nitrogens is 1. The Morgan fingerprint density at radius 3 is 2.43 bits per heavy atom. The Kier molecular flexibility index (Phi) is 10.4. The number of ketones is 1. The van der Waals surface area contributed by atoms with Gasteiger partial charge in [0.1, 0.15) is 0 Å². The van der Waals surface area contributed by atoms with Gasteiger partial charge in [-0.3, -0.25) is 14.7 Å². The van der Waals surface area contributed by atoms with Gasteiger partial charge in [-0.2, -0.15) is 0 Å². The number of carbonyl (C=O) groups is 1. The fraction of sp³-hybridized carbons (Fsp3) is 0.600. The highest BCUT2D eigenvalue weighted by Crippen LogP contribution is 2.20. The molecule has 30 heavy (non-hydrogen) atoms. The molecule has 1 atom stereocenters. The number of rotatable bonds is 8. The summed E-state index contributed by atoms with van der Waals surface area (Å²) >= 11 is 0. The summed E-state index contributed by atoms with van der Waals surface area (Å²) in [7, 11) is 1.77.